The van der Waals surface area contributed by atoms with Gasteiger partial charge < -0.3 is 10.1 Å². The minimum Gasteiger partial charge on any atom is -0.448 e. The molecule has 2 aromatic rings. The minimum atomic E-state index is -0.816. The summed E-state index contributed by atoms with van der Waals surface area (Å²) in [5.41, 5.74) is 2.08. The van der Waals surface area contributed by atoms with Crippen molar-refractivity contribution in [1.29, 1.82) is 0 Å². The van der Waals surface area contributed by atoms with Gasteiger partial charge in [-0.25, -0.2) is 4.79 Å². The Morgan fingerprint density at radius 2 is 2.08 bits per heavy atom. The number of hydrogen-bond donors (Lipinski definition) is 1. The molecule has 0 unspecified atom stereocenters. The Morgan fingerprint density at radius 1 is 1.36 bits per heavy atom. The van der Waals surface area contributed by atoms with Crippen LogP contribution in [0.2, 0.25) is 0 Å². The number of cyclic esters (lactones) is 1. The van der Waals surface area contributed by atoms with E-state index >= 15 is 0 Å². The molecule has 6 nitrogen and oxygen atoms in total. The number of rotatable bonds is 3. The van der Waals surface area contributed by atoms with Crippen LogP contribution in [0.15, 0.2) is 36.7 Å². The topological polar surface area (TPSA) is 73.2 Å². The zero-order valence-electron chi connectivity index (χ0n) is 14.9. The average molecular weight is 341 g/mol. The normalized spacial score (nSPS) is 18.2. The first-order valence-electron chi connectivity index (χ1n) is 8.33. The van der Waals surface area contributed by atoms with Crippen LogP contribution in [0.25, 0.3) is 0 Å². The number of hydrogen-bond acceptors (Lipinski definition) is 4. The van der Waals surface area contributed by atoms with Crippen molar-refractivity contribution >= 4 is 11.9 Å². The second kappa shape index (κ2) is 6.35. The van der Waals surface area contributed by atoms with Crippen molar-refractivity contribution in [2.75, 3.05) is 0 Å². The van der Waals surface area contributed by atoms with Crippen molar-refractivity contribution in [1.82, 2.24) is 15.1 Å². The lowest BCUT2D eigenvalue weighted by atomic mass is 9.83. The van der Waals surface area contributed by atoms with E-state index in [1.165, 1.54) is 0 Å². The molecule has 2 heterocycles. The fraction of sp³-hybridized carbons (Fsp3) is 0.421. The van der Waals surface area contributed by atoms with Crippen LogP contribution < -0.4 is 5.32 Å². The van der Waals surface area contributed by atoms with Crippen LogP contribution in [0.1, 0.15) is 48.3 Å². The standard InChI is InChI=1S/C19H23N3O3/c1-19(2,3)16(13-10-20-22(4)11-13)21-17(23)15-9-12-7-5-6-8-14(12)18(24)25-15/h5-8,10-11,15-16H,9H2,1-4H3,(H,21,23)/t15-,16-/m0/s1. The van der Waals surface area contributed by atoms with Gasteiger partial charge in [-0.3, -0.25) is 9.48 Å². The van der Waals surface area contributed by atoms with Crippen molar-refractivity contribution in [3.05, 3.63) is 53.3 Å². The maximum Gasteiger partial charge on any atom is 0.339 e. The Kier molecular flexibility index (Phi) is 4.37. The summed E-state index contributed by atoms with van der Waals surface area (Å²) in [6.07, 6.45) is 3.21. The molecule has 1 aliphatic heterocycles. The molecule has 1 aromatic carbocycles. The molecule has 132 valence electrons. The minimum absolute atomic E-state index is 0.213. The number of benzene rings is 1. The van der Waals surface area contributed by atoms with E-state index in [9.17, 15) is 9.59 Å². The second-order valence-electron chi connectivity index (χ2n) is 7.51. The van der Waals surface area contributed by atoms with Crippen LogP contribution in [0.4, 0.5) is 0 Å². The van der Waals surface area contributed by atoms with Crippen LogP contribution in [-0.2, 0) is 23.0 Å². The molecule has 3 rings (SSSR count). The molecule has 6 heteroatoms. The van der Waals surface area contributed by atoms with Gasteiger partial charge in [0.05, 0.1) is 17.8 Å². The van der Waals surface area contributed by atoms with Crippen molar-refractivity contribution in [3.63, 3.8) is 0 Å². The second-order valence-corrected chi connectivity index (χ2v) is 7.51. The lowest BCUT2D eigenvalue weighted by Crippen LogP contribution is -2.45. The highest BCUT2D eigenvalue weighted by molar-refractivity contribution is 5.95. The number of ether oxygens (including phenoxy) is 1. The summed E-state index contributed by atoms with van der Waals surface area (Å²) < 4.78 is 7.06. The molecule has 1 N–H and O–H groups in total. The van der Waals surface area contributed by atoms with Crippen molar-refractivity contribution in [2.45, 2.75) is 39.3 Å². The number of carbonyl (C=O) groups excluding carboxylic acids is 2. The third-order valence-corrected chi connectivity index (χ3v) is 4.40. The summed E-state index contributed by atoms with van der Waals surface area (Å²) in [6, 6.07) is 7.00. The lowest BCUT2D eigenvalue weighted by molar-refractivity contribution is -0.131. The summed E-state index contributed by atoms with van der Waals surface area (Å²) in [5, 5.41) is 7.23. The third-order valence-electron chi connectivity index (χ3n) is 4.40. The van der Waals surface area contributed by atoms with Crippen molar-refractivity contribution in [3.8, 4) is 0 Å². The molecule has 0 saturated heterocycles. The van der Waals surface area contributed by atoms with Crippen LogP contribution in [0.3, 0.4) is 0 Å². The Balaban J connectivity index is 1.80. The predicted octanol–water partition coefficient (Wildman–Crippen LogP) is 2.41. The van der Waals surface area contributed by atoms with Gasteiger partial charge in [0.2, 0.25) is 0 Å². The number of nitrogens with zero attached hydrogens (tertiary/aromatic N) is 2. The summed E-state index contributed by atoms with van der Waals surface area (Å²) in [4.78, 5) is 24.9. The van der Waals surface area contributed by atoms with E-state index in [0.29, 0.717) is 12.0 Å². The van der Waals surface area contributed by atoms with Gasteiger partial charge in [0.1, 0.15) is 0 Å². The van der Waals surface area contributed by atoms with Gasteiger partial charge in [-0.2, -0.15) is 5.10 Å². The van der Waals surface area contributed by atoms with Gasteiger partial charge in [-0.05, 0) is 17.0 Å². The molecule has 0 spiro atoms. The fourth-order valence-electron chi connectivity index (χ4n) is 3.10. The Labute approximate surface area is 147 Å². The molecule has 2 atom stereocenters. The van der Waals surface area contributed by atoms with Crippen LogP contribution in [0.5, 0.6) is 0 Å². The van der Waals surface area contributed by atoms with E-state index in [-0.39, 0.29) is 17.4 Å². The third kappa shape index (κ3) is 3.57. The van der Waals surface area contributed by atoms with Gasteiger partial charge in [0, 0.05) is 25.2 Å². The van der Waals surface area contributed by atoms with E-state index < -0.39 is 12.1 Å². The van der Waals surface area contributed by atoms with Gasteiger partial charge in [-0.1, -0.05) is 39.0 Å². The number of amides is 1. The highest BCUT2D eigenvalue weighted by Gasteiger charge is 2.35. The quantitative estimate of drug-likeness (QED) is 0.870. The first kappa shape index (κ1) is 17.2. The van der Waals surface area contributed by atoms with Crippen molar-refractivity contribution in [2.24, 2.45) is 12.5 Å². The summed E-state index contributed by atoms with van der Waals surface area (Å²) in [7, 11) is 1.84. The molecule has 0 fully saturated rings. The van der Waals surface area contributed by atoms with Crippen LogP contribution in [0, 0.1) is 5.41 Å². The smallest absolute Gasteiger partial charge is 0.339 e. The largest absolute Gasteiger partial charge is 0.448 e. The fourth-order valence-corrected chi connectivity index (χ4v) is 3.10. The molecule has 25 heavy (non-hydrogen) atoms. The zero-order valence-corrected chi connectivity index (χ0v) is 14.9. The zero-order chi connectivity index (χ0) is 18.2. The number of nitrogens with one attached hydrogen (secondary N) is 1. The average Bonchev–Trinajstić information content (AvgIpc) is 2.97. The number of aryl methyl sites for hydroxylation is 1. The predicted molar refractivity (Wildman–Crippen MR) is 92.9 cm³/mol. The number of fused-ring (bicyclic) bond motifs is 1. The van der Waals surface area contributed by atoms with Gasteiger partial charge in [0.25, 0.3) is 5.91 Å². The molecule has 0 aliphatic carbocycles. The van der Waals surface area contributed by atoms with Gasteiger partial charge in [-0.15, -0.1) is 0 Å². The van der Waals surface area contributed by atoms with E-state index in [4.69, 9.17) is 4.74 Å². The Morgan fingerprint density at radius 3 is 2.72 bits per heavy atom. The summed E-state index contributed by atoms with van der Waals surface area (Å²) >= 11 is 0. The van der Waals surface area contributed by atoms with Gasteiger partial charge in [0.15, 0.2) is 6.10 Å². The molecular formula is C19H23N3O3. The molecule has 1 amide bonds. The first-order valence-corrected chi connectivity index (χ1v) is 8.33. The van der Waals surface area contributed by atoms with E-state index in [1.807, 2.05) is 46.1 Å². The highest BCUT2D eigenvalue weighted by Crippen LogP contribution is 2.33. The number of carbonyl (C=O) groups is 2. The monoisotopic (exact) mass is 341 g/mol. The Bertz CT molecular complexity index is 804. The lowest BCUT2D eigenvalue weighted by Gasteiger charge is -2.33. The molecule has 0 bridgehead atoms. The molecule has 1 aromatic heterocycles. The molecule has 0 saturated carbocycles. The van der Waals surface area contributed by atoms with Crippen molar-refractivity contribution < 1.29 is 14.3 Å². The molecular weight excluding hydrogens is 318 g/mol. The maximum atomic E-state index is 12.8. The maximum absolute atomic E-state index is 12.8. The summed E-state index contributed by atoms with van der Waals surface area (Å²) in [5.74, 6) is -0.734. The molecule has 1 aliphatic rings. The van der Waals surface area contributed by atoms with Gasteiger partial charge >= 0.3 is 5.97 Å². The van der Waals surface area contributed by atoms with E-state index in [0.717, 1.165) is 11.1 Å². The highest BCUT2D eigenvalue weighted by atomic mass is 16.5. The van der Waals surface area contributed by atoms with E-state index in [2.05, 4.69) is 10.4 Å². The first-order chi connectivity index (χ1) is 11.8. The number of aromatic nitrogens is 2. The SMILES string of the molecule is Cn1cc([C@H](NC(=O)[C@@H]2Cc3ccccc3C(=O)O2)C(C)(C)C)cn1. The van der Waals surface area contributed by atoms with Crippen LogP contribution >= 0.6 is 0 Å². The Hall–Kier alpha value is -2.63. The van der Waals surface area contributed by atoms with E-state index in [1.54, 1.807) is 23.0 Å². The van der Waals surface area contributed by atoms with Crippen LogP contribution in [-0.4, -0.2) is 27.8 Å². The summed E-state index contributed by atoms with van der Waals surface area (Å²) in [6.45, 7) is 6.15. The molecule has 0 radical (unpaired) electrons. The number of esters is 1.